The second kappa shape index (κ2) is 7.12. The van der Waals surface area contributed by atoms with Crippen molar-refractivity contribution in [2.24, 2.45) is 0 Å². The molecule has 0 atom stereocenters. The molecule has 0 radical (unpaired) electrons. The van der Waals surface area contributed by atoms with Gasteiger partial charge >= 0.3 is 0 Å². The minimum Gasteiger partial charge on any atom is -0.437 e. The van der Waals surface area contributed by atoms with E-state index in [0.29, 0.717) is 11.6 Å². The highest BCUT2D eigenvalue weighted by molar-refractivity contribution is 5.89. The van der Waals surface area contributed by atoms with Crippen LogP contribution in [-0.4, -0.2) is 9.55 Å². The van der Waals surface area contributed by atoms with Gasteiger partial charge < -0.3 is 9.30 Å². The number of halogens is 1. The SMILES string of the molecule is Cc1ccc(C)c(Cn2c(C)c(C)c3ccnc(Oc4ccc(F)cc4)c32)c1. The summed E-state index contributed by atoms with van der Waals surface area (Å²) in [5.74, 6) is 0.810. The Morgan fingerprint density at radius 1 is 0.964 bits per heavy atom. The maximum absolute atomic E-state index is 13.2. The molecule has 0 unspecified atom stereocenters. The molecule has 2 aromatic carbocycles. The second-order valence-corrected chi connectivity index (χ2v) is 7.29. The molecule has 0 N–H and O–H groups in total. The maximum Gasteiger partial charge on any atom is 0.244 e. The van der Waals surface area contributed by atoms with Crippen LogP contribution in [0.1, 0.15) is 27.9 Å². The minimum atomic E-state index is -0.288. The number of ether oxygens (including phenoxy) is 1. The Bertz CT molecular complexity index is 1160. The summed E-state index contributed by atoms with van der Waals surface area (Å²) < 4.78 is 21.5. The molecule has 0 saturated carbocycles. The molecule has 28 heavy (non-hydrogen) atoms. The molecule has 2 heterocycles. The monoisotopic (exact) mass is 374 g/mol. The first-order valence-electron chi connectivity index (χ1n) is 9.38. The third kappa shape index (κ3) is 3.26. The first-order chi connectivity index (χ1) is 13.4. The van der Waals surface area contributed by atoms with E-state index in [-0.39, 0.29) is 5.82 Å². The van der Waals surface area contributed by atoms with Crippen LogP contribution in [0.25, 0.3) is 10.9 Å². The van der Waals surface area contributed by atoms with Crippen LogP contribution in [0.15, 0.2) is 54.7 Å². The Kier molecular flexibility index (Phi) is 4.63. The highest BCUT2D eigenvalue weighted by Gasteiger charge is 2.17. The normalized spacial score (nSPS) is 11.2. The van der Waals surface area contributed by atoms with E-state index in [1.165, 1.54) is 40.1 Å². The van der Waals surface area contributed by atoms with Crippen LogP contribution in [0.4, 0.5) is 4.39 Å². The molecule has 2 aromatic heterocycles. The predicted molar refractivity (Wildman–Crippen MR) is 111 cm³/mol. The highest BCUT2D eigenvalue weighted by atomic mass is 19.1. The zero-order valence-electron chi connectivity index (χ0n) is 16.6. The molecule has 4 aromatic rings. The molecule has 4 rings (SSSR count). The highest BCUT2D eigenvalue weighted by Crippen LogP contribution is 2.34. The van der Waals surface area contributed by atoms with Crippen LogP contribution in [0.2, 0.25) is 0 Å². The molecule has 0 aliphatic heterocycles. The van der Waals surface area contributed by atoms with Crippen molar-refractivity contribution in [2.75, 3.05) is 0 Å². The number of pyridine rings is 1. The van der Waals surface area contributed by atoms with Crippen molar-refractivity contribution < 1.29 is 9.13 Å². The first kappa shape index (κ1) is 18.2. The average Bonchev–Trinajstić information content (AvgIpc) is 2.92. The number of aryl methyl sites for hydroxylation is 3. The Balaban J connectivity index is 1.85. The Labute approximate surface area is 164 Å². The predicted octanol–water partition coefficient (Wildman–Crippen LogP) is 6.25. The van der Waals surface area contributed by atoms with Gasteiger partial charge in [-0.25, -0.2) is 9.37 Å². The number of hydrogen-bond acceptors (Lipinski definition) is 2. The molecular weight excluding hydrogens is 351 g/mol. The molecule has 0 amide bonds. The van der Waals surface area contributed by atoms with E-state index < -0.39 is 0 Å². The summed E-state index contributed by atoms with van der Waals surface area (Å²) in [6.45, 7) is 9.24. The molecule has 0 saturated heterocycles. The lowest BCUT2D eigenvalue weighted by Gasteiger charge is -2.14. The summed E-state index contributed by atoms with van der Waals surface area (Å²) in [5.41, 5.74) is 7.14. The summed E-state index contributed by atoms with van der Waals surface area (Å²) in [6, 6.07) is 14.6. The Morgan fingerprint density at radius 3 is 2.46 bits per heavy atom. The van der Waals surface area contributed by atoms with Gasteiger partial charge in [0.25, 0.3) is 0 Å². The van der Waals surface area contributed by atoms with Gasteiger partial charge in [-0.3, -0.25) is 0 Å². The van der Waals surface area contributed by atoms with Crippen molar-refractivity contribution in [3.05, 3.63) is 88.5 Å². The number of aromatic nitrogens is 2. The van der Waals surface area contributed by atoms with Crippen LogP contribution in [-0.2, 0) is 6.54 Å². The van der Waals surface area contributed by atoms with Gasteiger partial charge in [-0.1, -0.05) is 23.8 Å². The number of rotatable bonds is 4. The number of fused-ring (bicyclic) bond motifs is 1. The lowest BCUT2D eigenvalue weighted by molar-refractivity contribution is 0.464. The van der Waals surface area contributed by atoms with E-state index >= 15 is 0 Å². The van der Waals surface area contributed by atoms with Crippen molar-refractivity contribution in [2.45, 2.75) is 34.2 Å². The third-order valence-corrected chi connectivity index (χ3v) is 5.37. The quantitative estimate of drug-likeness (QED) is 0.422. The molecule has 0 aliphatic rings. The summed E-state index contributed by atoms with van der Waals surface area (Å²) in [7, 11) is 0. The van der Waals surface area contributed by atoms with Gasteiger partial charge in [0.2, 0.25) is 5.88 Å². The topological polar surface area (TPSA) is 27.1 Å². The smallest absolute Gasteiger partial charge is 0.244 e. The molecule has 142 valence electrons. The van der Waals surface area contributed by atoms with Crippen LogP contribution in [0.5, 0.6) is 11.6 Å². The molecule has 0 bridgehead atoms. The van der Waals surface area contributed by atoms with Gasteiger partial charge in [0, 0.05) is 23.8 Å². The summed E-state index contributed by atoms with van der Waals surface area (Å²) >= 11 is 0. The van der Waals surface area contributed by atoms with E-state index in [1.807, 2.05) is 6.07 Å². The van der Waals surface area contributed by atoms with Gasteiger partial charge in [-0.15, -0.1) is 0 Å². The largest absolute Gasteiger partial charge is 0.437 e. The molecule has 0 spiro atoms. The molecule has 0 aliphatic carbocycles. The Hall–Kier alpha value is -3.14. The van der Waals surface area contributed by atoms with Crippen molar-refractivity contribution in [3.8, 4) is 11.6 Å². The van der Waals surface area contributed by atoms with Crippen molar-refractivity contribution >= 4 is 10.9 Å². The number of hydrogen-bond donors (Lipinski definition) is 0. The summed E-state index contributed by atoms with van der Waals surface area (Å²) in [5, 5.41) is 1.12. The fourth-order valence-corrected chi connectivity index (χ4v) is 3.59. The van der Waals surface area contributed by atoms with Crippen molar-refractivity contribution in [1.29, 1.82) is 0 Å². The second-order valence-electron chi connectivity index (χ2n) is 7.29. The molecule has 0 fully saturated rings. The number of nitrogens with zero attached hydrogens (tertiary/aromatic N) is 2. The average molecular weight is 374 g/mol. The van der Waals surface area contributed by atoms with Gasteiger partial charge in [-0.2, -0.15) is 0 Å². The van der Waals surface area contributed by atoms with E-state index in [1.54, 1.807) is 18.3 Å². The fraction of sp³-hybridized carbons (Fsp3) is 0.208. The lowest BCUT2D eigenvalue weighted by atomic mass is 10.1. The van der Waals surface area contributed by atoms with Crippen molar-refractivity contribution in [1.82, 2.24) is 9.55 Å². The van der Waals surface area contributed by atoms with E-state index in [0.717, 1.165) is 17.4 Å². The molecule has 3 nitrogen and oxygen atoms in total. The standard InChI is InChI=1S/C24H23FN2O/c1-15-5-6-16(2)19(13-15)14-27-18(4)17(3)22-11-12-26-24(23(22)27)28-21-9-7-20(25)8-10-21/h5-13H,14H2,1-4H3. The third-order valence-electron chi connectivity index (χ3n) is 5.37. The van der Waals surface area contributed by atoms with Crippen LogP contribution in [0.3, 0.4) is 0 Å². The van der Waals surface area contributed by atoms with Crippen LogP contribution >= 0.6 is 0 Å². The maximum atomic E-state index is 13.2. The van der Waals surface area contributed by atoms with Gasteiger partial charge in [0.1, 0.15) is 17.1 Å². The zero-order valence-corrected chi connectivity index (χ0v) is 16.6. The van der Waals surface area contributed by atoms with E-state index in [2.05, 4.69) is 55.4 Å². The van der Waals surface area contributed by atoms with E-state index in [4.69, 9.17) is 4.74 Å². The zero-order chi connectivity index (χ0) is 19.8. The molecule has 4 heteroatoms. The van der Waals surface area contributed by atoms with Crippen LogP contribution in [0, 0.1) is 33.5 Å². The van der Waals surface area contributed by atoms with Gasteiger partial charge in [0.05, 0.1) is 0 Å². The summed E-state index contributed by atoms with van der Waals surface area (Å²) in [6.07, 6.45) is 1.76. The Morgan fingerprint density at radius 2 is 1.71 bits per heavy atom. The summed E-state index contributed by atoms with van der Waals surface area (Å²) in [4.78, 5) is 4.48. The van der Waals surface area contributed by atoms with E-state index in [9.17, 15) is 4.39 Å². The van der Waals surface area contributed by atoms with Crippen LogP contribution < -0.4 is 4.74 Å². The molecular formula is C24H23FN2O. The minimum absolute atomic E-state index is 0.288. The van der Waals surface area contributed by atoms with Crippen molar-refractivity contribution in [3.63, 3.8) is 0 Å². The van der Waals surface area contributed by atoms with Gasteiger partial charge in [0.15, 0.2) is 0 Å². The van der Waals surface area contributed by atoms with Gasteiger partial charge in [-0.05, 0) is 74.7 Å². The lowest BCUT2D eigenvalue weighted by Crippen LogP contribution is -2.05. The fourth-order valence-electron chi connectivity index (χ4n) is 3.59. The first-order valence-corrected chi connectivity index (χ1v) is 9.38. The number of benzene rings is 2.